The number of carbonyl (C=O) groups is 2. The van der Waals surface area contributed by atoms with Crippen LogP contribution in [0.3, 0.4) is 0 Å². The van der Waals surface area contributed by atoms with Gasteiger partial charge in [0.05, 0.1) is 12.0 Å². The van der Waals surface area contributed by atoms with Crippen molar-refractivity contribution in [1.29, 1.82) is 0 Å². The number of ether oxygens (including phenoxy) is 1. The molecule has 2 saturated carbocycles. The van der Waals surface area contributed by atoms with E-state index in [0.29, 0.717) is 12.5 Å². The van der Waals surface area contributed by atoms with Crippen molar-refractivity contribution in [2.75, 3.05) is 6.61 Å². The van der Waals surface area contributed by atoms with Gasteiger partial charge >= 0.3 is 5.97 Å². The Morgan fingerprint density at radius 2 is 1.46 bits per heavy atom. The van der Waals surface area contributed by atoms with Gasteiger partial charge in [-0.2, -0.15) is 0 Å². The molecule has 0 aliphatic heterocycles. The number of hydrogen-bond donors (Lipinski definition) is 1. The highest BCUT2D eigenvalue weighted by Gasteiger charge is 2.26. The molecule has 2 rings (SSSR count). The first-order valence-corrected chi connectivity index (χ1v) is 10.0. The number of amides is 1. The number of carbonyl (C=O) groups excluding carboxylic acids is 2. The molecule has 0 heterocycles. The van der Waals surface area contributed by atoms with Gasteiger partial charge in [-0.3, -0.25) is 9.59 Å². The third-order valence-electron chi connectivity index (χ3n) is 5.44. The van der Waals surface area contributed by atoms with Crippen molar-refractivity contribution in [1.82, 2.24) is 5.32 Å². The summed E-state index contributed by atoms with van der Waals surface area (Å²) in [6.45, 7) is 4.61. The van der Waals surface area contributed by atoms with Gasteiger partial charge in [0.25, 0.3) is 0 Å². The van der Waals surface area contributed by atoms with Crippen LogP contribution < -0.4 is 5.32 Å². The van der Waals surface area contributed by atoms with E-state index in [1.807, 2.05) is 0 Å². The molecular weight excluding hydrogens is 302 g/mol. The van der Waals surface area contributed by atoms with Crippen LogP contribution in [0.25, 0.3) is 0 Å². The second kappa shape index (κ2) is 10.0. The van der Waals surface area contributed by atoms with Gasteiger partial charge in [-0.25, -0.2) is 0 Å². The van der Waals surface area contributed by atoms with Crippen LogP contribution in [0.2, 0.25) is 0 Å². The average molecular weight is 338 g/mol. The molecule has 0 bridgehead atoms. The van der Waals surface area contributed by atoms with Crippen LogP contribution in [0, 0.1) is 17.8 Å². The molecule has 138 valence electrons. The minimum absolute atomic E-state index is 0.0491. The molecule has 4 nitrogen and oxygen atoms in total. The summed E-state index contributed by atoms with van der Waals surface area (Å²) < 4.78 is 5.58. The molecule has 0 aromatic heterocycles. The molecule has 4 heteroatoms. The molecule has 0 unspecified atom stereocenters. The molecule has 0 aromatic carbocycles. The standard InChI is InChI=1S/C20H35NO3/c1-15(2)13-18(21-19(22)16-9-5-3-6-10-16)14-24-20(23)17-11-7-4-8-12-17/h15-18H,3-14H2,1-2H3,(H,21,22)/t18-/m1/s1. The number of nitrogens with one attached hydrogen (secondary N) is 1. The minimum atomic E-state index is -0.0598. The zero-order chi connectivity index (χ0) is 17.4. The molecule has 2 aliphatic carbocycles. The van der Waals surface area contributed by atoms with Crippen LogP contribution in [0.5, 0.6) is 0 Å². The topological polar surface area (TPSA) is 55.4 Å². The quantitative estimate of drug-likeness (QED) is 0.708. The minimum Gasteiger partial charge on any atom is -0.463 e. The number of rotatable bonds is 7. The SMILES string of the molecule is CC(C)C[C@H](COC(=O)C1CCCCC1)NC(=O)C1CCCCC1. The van der Waals surface area contributed by atoms with Gasteiger partial charge in [-0.15, -0.1) is 0 Å². The Balaban J connectivity index is 1.80. The Bertz CT molecular complexity index is 396. The van der Waals surface area contributed by atoms with E-state index in [0.717, 1.165) is 57.8 Å². The first kappa shape index (κ1) is 19.3. The third kappa shape index (κ3) is 6.45. The van der Waals surface area contributed by atoms with Crippen molar-refractivity contribution < 1.29 is 14.3 Å². The Morgan fingerprint density at radius 1 is 0.917 bits per heavy atom. The highest BCUT2D eigenvalue weighted by atomic mass is 16.5. The smallest absolute Gasteiger partial charge is 0.309 e. The number of hydrogen-bond acceptors (Lipinski definition) is 3. The first-order valence-electron chi connectivity index (χ1n) is 10.0. The van der Waals surface area contributed by atoms with Crippen molar-refractivity contribution in [3.05, 3.63) is 0 Å². The molecule has 0 radical (unpaired) electrons. The lowest BCUT2D eigenvalue weighted by Crippen LogP contribution is -2.43. The lowest BCUT2D eigenvalue weighted by atomic mass is 9.88. The van der Waals surface area contributed by atoms with E-state index in [9.17, 15) is 9.59 Å². The highest BCUT2D eigenvalue weighted by molar-refractivity contribution is 5.79. The van der Waals surface area contributed by atoms with Crippen LogP contribution in [-0.4, -0.2) is 24.5 Å². The highest BCUT2D eigenvalue weighted by Crippen LogP contribution is 2.25. The predicted octanol–water partition coefficient (Wildman–Crippen LogP) is 4.22. The second-order valence-electron chi connectivity index (χ2n) is 8.13. The van der Waals surface area contributed by atoms with Crippen LogP contribution >= 0.6 is 0 Å². The van der Waals surface area contributed by atoms with Gasteiger partial charge in [0.2, 0.25) is 5.91 Å². The summed E-state index contributed by atoms with van der Waals surface area (Å²) in [5.74, 6) is 0.800. The van der Waals surface area contributed by atoms with Crippen molar-refractivity contribution in [2.24, 2.45) is 17.8 Å². The molecule has 0 spiro atoms. The Hall–Kier alpha value is -1.06. The summed E-state index contributed by atoms with van der Waals surface area (Å²) in [5.41, 5.74) is 0. The Labute approximate surface area is 147 Å². The van der Waals surface area contributed by atoms with E-state index in [1.54, 1.807) is 0 Å². The molecule has 2 aliphatic rings. The lowest BCUT2D eigenvalue weighted by molar-refractivity contribution is -0.151. The van der Waals surface area contributed by atoms with Crippen LogP contribution in [0.1, 0.15) is 84.5 Å². The molecule has 1 atom stereocenters. The summed E-state index contributed by atoms with van der Waals surface area (Å²) in [7, 11) is 0. The van der Waals surface area contributed by atoms with E-state index in [4.69, 9.17) is 4.74 Å². The van der Waals surface area contributed by atoms with Crippen molar-refractivity contribution >= 4 is 11.9 Å². The van der Waals surface area contributed by atoms with Crippen LogP contribution in [0.15, 0.2) is 0 Å². The van der Waals surface area contributed by atoms with Gasteiger partial charge in [0.15, 0.2) is 0 Å². The maximum atomic E-state index is 12.5. The lowest BCUT2D eigenvalue weighted by Gasteiger charge is -2.27. The summed E-state index contributed by atoms with van der Waals surface area (Å²) >= 11 is 0. The third-order valence-corrected chi connectivity index (χ3v) is 5.44. The van der Waals surface area contributed by atoms with E-state index >= 15 is 0 Å². The van der Waals surface area contributed by atoms with Gasteiger partial charge in [0.1, 0.15) is 6.61 Å². The average Bonchev–Trinajstić information content (AvgIpc) is 2.60. The number of esters is 1. The molecule has 1 N–H and O–H groups in total. The van der Waals surface area contributed by atoms with Crippen molar-refractivity contribution in [3.63, 3.8) is 0 Å². The largest absolute Gasteiger partial charge is 0.463 e. The monoisotopic (exact) mass is 337 g/mol. The molecule has 1 amide bonds. The maximum absolute atomic E-state index is 12.5. The van der Waals surface area contributed by atoms with Gasteiger partial charge in [0, 0.05) is 5.92 Å². The Kier molecular flexibility index (Phi) is 8.07. The summed E-state index contributed by atoms with van der Waals surface area (Å²) in [6, 6.07) is -0.0491. The fourth-order valence-corrected chi connectivity index (χ4v) is 4.06. The van der Waals surface area contributed by atoms with Crippen LogP contribution in [0.4, 0.5) is 0 Å². The van der Waals surface area contributed by atoms with E-state index in [2.05, 4.69) is 19.2 Å². The van der Waals surface area contributed by atoms with Gasteiger partial charge < -0.3 is 10.1 Å². The summed E-state index contributed by atoms with van der Waals surface area (Å²) in [4.78, 5) is 24.7. The van der Waals surface area contributed by atoms with Crippen molar-refractivity contribution in [3.8, 4) is 0 Å². The molecule has 24 heavy (non-hydrogen) atoms. The predicted molar refractivity (Wildman–Crippen MR) is 95.5 cm³/mol. The summed E-state index contributed by atoms with van der Waals surface area (Å²) in [5, 5.41) is 3.16. The van der Waals surface area contributed by atoms with E-state index in [-0.39, 0.29) is 29.8 Å². The fourth-order valence-electron chi connectivity index (χ4n) is 4.06. The normalized spacial score (nSPS) is 21.5. The van der Waals surface area contributed by atoms with Crippen LogP contribution in [-0.2, 0) is 14.3 Å². The molecule has 0 aromatic rings. The first-order chi connectivity index (χ1) is 11.6. The molecule has 2 fully saturated rings. The van der Waals surface area contributed by atoms with Crippen molar-refractivity contribution in [2.45, 2.75) is 90.5 Å². The van der Waals surface area contributed by atoms with E-state index in [1.165, 1.54) is 12.8 Å². The van der Waals surface area contributed by atoms with Gasteiger partial charge in [-0.05, 0) is 38.0 Å². The Morgan fingerprint density at radius 3 is 2.00 bits per heavy atom. The zero-order valence-corrected chi connectivity index (χ0v) is 15.5. The summed E-state index contributed by atoms with van der Waals surface area (Å²) in [6.07, 6.45) is 11.8. The zero-order valence-electron chi connectivity index (χ0n) is 15.5. The fraction of sp³-hybridized carbons (Fsp3) is 0.900. The van der Waals surface area contributed by atoms with Gasteiger partial charge in [-0.1, -0.05) is 52.4 Å². The second-order valence-corrected chi connectivity index (χ2v) is 8.13. The van der Waals surface area contributed by atoms with E-state index < -0.39 is 0 Å². The molecular formula is C20H35NO3. The molecule has 0 saturated heterocycles. The maximum Gasteiger partial charge on any atom is 0.309 e.